The molecule has 0 spiro atoms. The minimum Gasteiger partial charge on any atom is -0.276 e. The maximum absolute atomic E-state index is 13.4. The van der Waals surface area contributed by atoms with E-state index in [4.69, 9.17) is 11.6 Å². The van der Waals surface area contributed by atoms with Crippen LogP contribution in [-0.2, 0) is 10.0 Å². The first-order valence-corrected chi connectivity index (χ1v) is 6.94. The molecular weight excluding hydrogens is 317 g/mol. The van der Waals surface area contributed by atoms with Gasteiger partial charge in [0.25, 0.3) is 10.0 Å². The van der Waals surface area contributed by atoms with E-state index in [1.165, 1.54) is 6.07 Å². The summed E-state index contributed by atoms with van der Waals surface area (Å²) in [6.45, 7) is 0. The summed E-state index contributed by atoms with van der Waals surface area (Å²) >= 11 is 5.51. The lowest BCUT2D eigenvalue weighted by Crippen LogP contribution is -2.14. The third-order valence-electron chi connectivity index (χ3n) is 2.26. The molecule has 2 aromatic rings. The second kappa shape index (κ2) is 5.29. The second-order valence-electron chi connectivity index (χ2n) is 3.67. The van der Waals surface area contributed by atoms with Crippen LogP contribution in [0, 0.1) is 17.5 Å². The maximum atomic E-state index is 13.4. The van der Waals surface area contributed by atoms with Gasteiger partial charge in [-0.3, -0.25) is 4.72 Å². The number of nitrogens with one attached hydrogen (secondary N) is 1. The monoisotopic (exact) mass is 322 g/mol. The SMILES string of the molecule is O=S(=O)(Nc1cc(F)c(F)cc1F)c1ccc(Cl)nc1. The Kier molecular flexibility index (Phi) is 3.87. The van der Waals surface area contributed by atoms with Gasteiger partial charge in [0.05, 0.1) is 5.69 Å². The van der Waals surface area contributed by atoms with Crippen molar-refractivity contribution in [1.82, 2.24) is 4.98 Å². The van der Waals surface area contributed by atoms with E-state index in [9.17, 15) is 21.6 Å². The predicted octanol–water partition coefficient (Wildman–Crippen LogP) is 2.95. The molecule has 0 bridgehead atoms. The summed E-state index contributed by atoms with van der Waals surface area (Å²) in [6, 6.07) is 3.01. The molecule has 0 aliphatic carbocycles. The van der Waals surface area contributed by atoms with Crippen LogP contribution in [0.2, 0.25) is 5.15 Å². The molecule has 1 N–H and O–H groups in total. The number of sulfonamides is 1. The van der Waals surface area contributed by atoms with E-state index < -0.39 is 33.2 Å². The summed E-state index contributed by atoms with van der Waals surface area (Å²) in [7, 11) is -4.18. The molecule has 0 aliphatic rings. The Morgan fingerprint density at radius 2 is 1.70 bits per heavy atom. The van der Waals surface area contributed by atoms with E-state index in [2.05, 4.69) is 4.98 Å². The molecule has 1 heterocycles. The molecule has 9 heteroatoms. The first-order valence-electron chi connectivity index (χ1n) is 5.08. The van der Waals surface area contributed by atoms with Crippen molar-refractivity contribution < 1.29 is 21.6 Å². The van der Waals surface area contributed by atoms with Gasteiger partial charge in [0.2, 0.25) is 0 Å². The minimum atomic E-state index is -4.18. The highest BCUT2D eigenvalue weighted by Crippen LogP contribution is 2.22. The van der Waals surface area contributed by atoms with E-state index in [1.807, 2.05) is 0 Å². The molecule has 0 fully saturated rings. The summed E-state index contributed by atoms with van der Waals surface area (Å²) in [4.78, 5) is 3.26. The Hall–Kier alpha value is -1.80. The number of nitrogens with zero attached hydrogens (tertiary/aromatic N) is 1. The topological polar surface area (TPSA) is 59.1 Å². The fourth-order valence-electron chi connectivity index (χ4n) is 1.33. The maximum Gasteiger partial charge on any atom is 0.263 e. The average molecular weight is 323 g/mol. The van der Waals surface area contributed by atoms with Gasteiger partial charge in [0.1, 0.15) is 15.9 Å². The van der Waals surface area contributed by atoms with Crippen LogP contribution in [0.15, 0.2) is 35.4 Å². The lowest BCUT2D eigenvalue weighted by atomic mass is 10.3. The van der Waals surface area contributed by atoms with Gasteiger partial charge in [-0.05, 0) is 12.1 Å². The molecule has 1 aromatic carbocycles. The molecule has 1 aromatic heterocycles. The van der Waals surface area contributed by atoms with Crippen molar-refractivity contribution in [2.75, 3.05) is 4.72 Å². The summed E-state index contributed by atoms with van der Waals surface area (Å²) in [5.41, 5.74) is -0.709. The number of halogens is 4. The third kappa shape index (κ3) is 3.02. The van der Waals surface area contributed by atoms with Gasteiger partial charge in [-0.1, -0.05) is 11.6 Å². The zero-order valence-corrected chi connectivity index (χ0v) is 11.1. The summed E-state index contributed by atoms with van der Waals surface area (Å²) in [6.07, 6.45) is 0.947. The molecule has 0 saturated carbocycles. The smallest absolute Gasteiger partial charge is 0.263 e. The lowest BCUT2D eigenvalue weighted by molar-refractivity contribution is 0.496. The number of anilines is 1. The molecule has 0 aliphatic heterocycles. The van der Waals surface area contributed by atoms with Crippen molar-refractivity contribution in [3.05, 3.63) is 53.1 Å². The van der Waals surface area contributed by atoms with Crippen molar-refractivity contribution in [2.24, 2.45) is 0 Å². The normalized spacial score (nSPS) is 11.4. The highest BCUT2D eigenvalue weighted by atomic mass is 35.5. The fraction of sp³-hybridized carbons (Fsp3) is 0. The van der Waals surface area contributed by atoms with Gasteiger partial charge >= 0.3 is 0 Å². The van der Waals surface area contributed by atoms with Crippen LogP contribution in [-0.4, -0.2) is 13.4 Å². The Morgan fingerprint density at radius 1 is 1.05 bits per heavy atom. The molecule has 2 rings (SSSR count). The lowest BCUT2D eigenvalue weighted by Gasteiger charge is -2.09. The van der Waals surface area contributed by atoms with Crippen LogP contribution in [0.5, 0.6) is 0 Å². The molecule has 0 atom stereocenters. The van der Waals surface area contributed by atoms with Crippen molar-refractivity contribution in [3.63, 3.8) is 0 Å². The van der Waals surface area contributed by atoms with Crippen LogP contribution >= 0.6 is 11.6 Å². The third-order valence-corrected chi connectivity index (χ3v) is 3.84. The molecule has 106 valence electrons. The standard InChI is InChI=1S/C11H6ClF3N2O2S/c12-11-2-1-6(5-16-11)20(18,19)17-10-4-8(14)7(13)3-9(10)15/h1-5,17H. The van der Waals surface area contributed by atoms with Crippen LogP contribution in [0.25, 0.3) is 0 Å². The van der Waals surface area contributed by atoms with Gasteiger partial charge in [-0.15, -0.1) is 0 Å². The van der Waals surface area contributed by atoms with E-state index in [1.54, 1.807) is 4.72 Å². The molecule has 20 heavy (non-hydrogen) atoms. The van der Waals surface area contributed by atoms with E-state index >= 15 is 0 Å². The van der Waals surface area contributed by atoms with Crippen LogP contribution in [0.1, 0.15) is 0 Å². The summed E-state index contributed by atoms with van der Waals surface area (Å²) < 4.78 is 64.7. The Morgan fingerprint density at radius 3 is 2.30 bits per heavy atom. The Balaban J connectivity index is 2.38. The first kappa shape index (κ1) is 14.6. The number of hydrogen-bond donors (Lipinski definition) is 1. The zero-order valence-electron chi connectivity index (χ0n) is 9.57. The van der Waals surface area contributed by atoms with Gasteiger partial charge in [-0.2, -0.15) is 0 Å². The highest BCUT2D eigenvalue weighted by Gasteiger charge is 2.18. The Bertz CT molecular complexity index is 751. The van der Waals surface area contributed by atoms with Gasteiger partial charge in [0.15, 0.2) is 11.6 Å². The highest BCUT2D eigenvalue weighted by molar-refractivity contribution is 7.92. The molecule has 0 amide bonds. The predicted molar refractivity (Wildman–Crippen MR) is 66.4 cm³/mol. The quantitative estimate of drug-likeness (QED) is 0.698. The fourth-order valence-corrected chi connectivity index (χ4v) is 2.44. The number of aromatic nitrogens is 1. The van der Waals surface area contributed by atoms with E-state index in [0.29, 0.717) is 6.07 Å². The number of rotatable bonds is 3. The van der Waals surface area contributed by atoms with Crippen LogP contribution in [0.4, 0.5) is 18.9 Å². The van der Waals surface area contributed by atoms with Gasteiger partial charge in [0, 0.05) is 18.3 Å². The summed E-state index contributed by atoms with van der Waals surface area (Å²) in [5.74, 6) is -4.04. The molecular formula is C11H6ClF3N2O2S. The second-order valence-corrected chi connectivity index (χ2v) is 5.74. The first-order chi connectivity index (χ1) is 9.29. The van der Waals surface area contributed by atoms with E-state index in [0.717, 1.165) is 12.3 Å². The minimum absolute atomic E-state index is 0.0722. The van der Waals surface area contributed by atoms with Crippen molar-refractivity contribution >= 4 is 27.3 Å². The van der Waals surface area contributed by atoms with Crippen molar-refractivity contribution in [2.45, 2.75) is 4.90 Å². The van der Waals surface area contributed by atoms with Gasteiger partial charge in [-0.25, -0.2) is 26.6 Å². The van der Waals surface area contributed by atoms with Crippen LogP contribution in [0.3, 0.4) is 0 Å². The number of pyridine rings is 1. The van der Waals surface area contributed by atoms with Crippen molar-refractivity contribution in [3.8, 4) is 0 Å². The Labute approximate surface area is 117 Å². The molecule has 4 nitrogen and oxygen atoms in total. The average Bonchev–Trinajstić information content (AvgIpc) is 2.36. The molecule has 0 radical (unpaired) electrons. The van der Waals surface area contributed by atoms with Crippen molar-refractivity contribution in [1.29, 1.82) is 0 Å². The number of hydrogen-bond acceptors (Lipinski definition) is 3. The van der Waals surface area contributed by atoms with Crippen LogP contribution < -0.4 is 4.72 Å². The largest absolute Gasteiger partial charge is 0.276 e. The summed E-state index contributed by atoms with van der Waals surface area (Å²) in [5, 5.41) is 0.0722. The number of benzene rings is 1. The molecule has 0 saturated heterocycles. The van der Waals surface area contributed by atoms with E-state index in [-0.39, 0.29) is 16.1 Å². The molecule has 0 unspecified atom stereocenters. The zero-order chi connectivity index (χ0) is 14.9. The van der Waals surface area contributed by atoms with Gasteiger partial charge < -0.3 is 0 Å².